The third kappa shape index (κ3) is 9.23. The summed E-state index contributed by atoms with van der Waals surface area (Å²) in [7, 11) is 0. The topological polar surface area (TPSA) is 130 Å². The number of pyridine rings is 2. The highest BCUT2D eigenvalue weighted by Crippen LogP contribution is 2.48. The molecule has 100 heavy (non-hydrogen) atoms. The number of para-hydroxylation sites is 4. The summed E-state index contributed by atoms with van der Waals surface area (Å²) in [5, 5.41) is 8.25. The van der Waals surface area contributed by atoms with Crippen LogP contribution in [0.2, 0.25) is 0 Å². The van der Waals surface area contributed by atoms with Gasteiger partial charge in [0.2, 0.25) is 5.69 Å². The summed E-state index contributed by atoms with van der Waals surface area (Å²) in [6, 6.07) is 103. The average molecular weight is 1280 g/mol. The Balaban J connectivity index is 0.765. The molecule has 20 rings (SSSR count). The molecule has 0 fully saturated rings. The molecule has 0 bridgehead atoms. The minimum absolute atomic E-state index is 0.472. The van der Waals surface area contributed by atoms with E-state index in [1.807, 2.05) is 122 Å². The SMILES string of the molecule is c1ccc(-c2nc(-c3ccccc3)nc(-c3cc(-c4ccc[n+](-c5cccc(-c6nc(-c7ccccc7)nc(-c7ccc(-c8ccncc8)c8c7oc7c8ccc8c9ccccc9n(-c9ccccc9)c87)n6)c5)c4)cc4c3oc3c4ccc4c5ccccc5n(-c5ccccc5)c43)n2)cc1. The van der Waals surface area contributed by atoms with E-state index in [0.29, 0.717) is 46.1 Å². The zero-order valence-electron chi connectivity index (χ0n) is 53.4. The first-order valence-electron chi connectivity index (χ1n) is 33.3. The van der Waals surface area contributed by atoms with Crippen molar-refractivity contribution >= 4 is 87.5 Å². The van der Waals surface area contributed by atoms with E-state index in [2.05, 4.69) is 219 Å². The third-order valence-corrected chi connectivity index (χ3v) is 19.2. The Bertz CT molecular complexity index is 6570. The van der Waals surface area contributed by atoms with Crippen molar-refractivity contribution in [3.05, 3.63) is 322 Å². The molecular weight excluding hydrogens is 1230 g/mol. The molecule has 12 aromatic carbocycles. The van der Waals surface area contributed by atoms with Crippen molar-refractivity contribution in [2.24, 2.45) is 0 Å². The lowest BCUT2D eigenvalue weighted by molar-refractivity contribution is -0.595. The zero-order chi connectivity index (χ0) is 65.8. The Kier molecular flexibility index (Phi) is 13.0. The van der Waals surface area contributed by atoms with Gasteiger partial charge in [-0.3, -0.25) is 4.98 Å². The number of furan rings is 2. The van der Waals surface area contributed by atoms with Crippen molar-refractivity contribution in [1.82, 2.24) is 44.0 Å². The molecule has 0 aliphatic heterocycles. The predicted octanol–water partition coefficient (Wildman–Crippen LogP) is 21.1. The lowest BCUT2D eigenvalue weighted by Crippen LogP contribution is -2.29. The fourth-order valence-corrected chi connectivity index (χ4v) is 14.6. The highest BCUT2D eigenvalue weighted by molar-refractivity contribution is 6.26. The van der Waals surface area contributed by atoms with Gasteiger partial charge in [-0.25, -0.2) is 29.9 Å². The lowest BCUT2D eigenvalue weighted by atomic mass is 9.97. The van der Waals surface area contributed by atoms with Crippen LogP contribution in [0.1, 0.15) is 0 Å². The van der Waals surface area contributed by atoms with E-state index in [1.54, 1.807) is 0 Å². The molecule has 466 valence electrons. The Hall–Kier alpha value is -13.8. The number of benzene rings is 12. The van der Waals surface area contributed by atoms with Gasteiger partial charge in [-0.2, -0.15) is 4.57 Å². The number of nitrogens with zero attached hydrogens (tertiary/aromatic N) is 10. The second-order valence-electron chi connectivity index (χ2n) is 25.0. The van der Waals surface area contributed by atoms with Crippen molar-refractivity contribution in [3.63, 3.8) is 0 Å². The van der Waals surface area contributed by atoms with Crippen molar-refractivity contribution in [2.75, 3.05) is 0 Å². The molecular formula is C88H53N10O2+. The predicted molar refractivity (Wildman–Crippen MR) is 399 cm³/mol. The fraction of sp³-hybridized carbons (Fsp3) is 0. The number of rotatable bonds is 11. The second kappa shape index (κ2) is 22.9. The highest BCUT2D eigenvalue weighted by Gasteiger charge is 2.28. The molecule has 0 saturated carbocycles. The standard InChI is InChI=1S/C88H53N10O2/c1-6-22-55(23-7-1)83-90-84(56-24-8-2-9-25-56)94-88(93-83)73-52-60(51-72-69-42-40-67-65-35-16-18-37-74(65)97(61-30-12-4-13-31-61)77(67)81(69)99-79(72)73)59-29-21-49-96(53-59)63-34-20-28-58(50-63)86-91-85(57-26-10-3-11-27-57)92-87(95-86)71-44-39-64(54-45-47-89-48-46-54)76-70-43-41-68-66-36-17-19-38-75(66)98(62-32-14-5-15-33-62)78(68)82(70)100-80(71)76/h1-53H/q+1. The van der Waals surface area contributed by atoms with Gasteiger partial charge in [-0.1, -0.05) is 194 Å². The molecule has 0 radical (unpaired) electrons. The van der Waals surface area contributed by atoms with E-state index in [0.717, 1.165) is 149 Å². The van der Waals surface area contributed by atoms with E-state index >= 15 is 0 Å². The smallest absolute Gasteiger partial charge is 0.211 e. The summed E-state index contributed by atoms with van der Waals surface area (Å²) < 4.78 is 21.6. The molecule has 0 aliphatic rings. The van der Waals surface area contributed by atoms with Gasteiger partial charge in [0.25, 0.3) is 0 Å². The van der Waals surface area contributed by atoms with E-state index in [1.165, 1.54) is 0 Å². The first-order chi connectivity index (χ1) is 49.6. The van der Waals surface area contributed by atoms with Crippen molar-refractivity contribution in [2.45, 2.75) is 0 Å². The molecule has 0 saturated heterocycles. The highest BCUT2D eigenvalue weighted by atomic mass is 16.3. The maximum absolute atomic E-state index is 7.43. The van der Waals surface area contributed by atoms with Gasteiger partial charge in [-0.15, -0.1) is 0 Å². The van der Waals surface area contributed by atoms with Crippen LogP contribution in [0.5, 0.6) is 0 Å². The molecule has 8 heterocycles. The number of hydrogen-bond acceptors (Lipinski definition) is 9. The molecule has 8 aromatic heterocycles. The van der Waals surface area contributed by atoms with E-state index < -0.39 is 0 Å². The monoisotopic (exact) mass is 1280 g/mol. The summed E-state index contributed by atoms with van der Waals surface area (Å²) in [6.07, 6.45) is 7.90. The number of aromatic nitrogens is 10. The van der Waals surface area contributed by atoms with Gasteiger partial charge in [0.15, 0.2) is 58.5 Å². The zero-order valence-corrected chi connectivity index (χ0v) is 53.4. The summed E-state index contributed by atoms with van der Waals surface area (Å²) in [4.78, 5) is 36.2. The molecule has 0 atom stereocenters. The van der Waals surface area contributed by atoms with Crippen LogP contribution in [-0.4, -0.2) is 44.0 Å². The average Bonchev–Trinajstić information content (AvgIpc) is 1.56. The molecule has 20 aromatic rings. The van der Waals surface area contributed by atoms with E-state index in [9.17, 15) is 0 Å². The first-order valence-corrected chi connectivity index (χ1v) is 33.3. The van der Waals surface area contributed by atoms with Gasteiger partial charge in [-0.05, 0) is 102 Å². The Labute approximate surface area is 571 Å². The molecule has 0 N–H and O–H groups in total. The Morgan fingerprint density at radius 2 is 0.730 bits per heavy atom. The maximum atomic E-state index is 7.43. The van der Waals surface area contributed by atoms with Crippen LogP contribution in [-0.2, 0) is 0 Å². The number of fused-ring (bicyclic) bond motifs is 14. The minimum Gasteiger partial charge on any atom is -0.453 e. The van der Waals surface area contributed by atoms with E-state index in [-0.39, 0.29) is 0 Å². The molecule has 0 aliphatic carbocycles. The van der Waals surface area contributed by atoms with Gasteiger partial charge < -0.3 is 18.0 Å². The van der Waals surface area contributed by atoms with Gasteiger partial charge in [0, 0.05) is 113 Å². The van der Waals surface area contributed by atoms with Crippen LogP contribution in [0, 0.1) is 0 Å². The maximum Gasteiger partial charge on any atom is 0.211 e. The first kappa shape index (κ1) is 56.5. The summed E-state index contributed by atoms with van der Waals surface area (Å²) >= 11 is 0. The molecule has 12 heteroatoms. The van der Waals surface area contributed by atoms with Crippen LogP contribution in [0.4, 0.5) is 0 Å². The fourth-order valence-electron chi connectivity index (χ4n) is 14.6. The van der Waals surface area contributed by atoms with Crippen LogP contribution in [0.3, 0.4) is 0 Å². The van der Waals surface area contributed by atoms with Gasteiger partial charge >= 0.3 is 0 Å². The van der Waals surface area contributed by atoms with E-state index in [4.69, 9.17) is 38.7 Å². The van der Waals surface area contributed by atoms with Crippen LogP contribution < -0.4 is 4.57 Å². The second-order valence-corrected chi connectivity index (χ2v) is 25.0. The van der Waals surface area contributed by atoms with Gasteiger partial charge in [0.05, 0.1) is 33.2 Å². The van der Waals surface area contributed by atoms with Gasteiger partial charge in [0.1, 0.15) is 11.2 Å². The molecule has 0 unspecified atom stereocenters. The number of hydrogen-bond donors (Lipinski definition) is 0. The molecule has 0 spiro atoms. The minimum atomic E-state index is 0.472. The van der Waals surface area contributed by atoms with Crippen LogP contribution >= 0.6 is 0 Å². The van der Waals surface area contributed by atoms with Crippen molar-refractivity contribution < 1.29 is 13.4 Å². The normalized spacial score (nSPS) is 11.8. The van der Waals surface area contributed by atoms with Crippen LogP contribution in [0.25, 0.3) is 195 Å². The lowest BCUT2D eigenvalue weighted by Gasteiger charge is -2.11. The summed E-state index contributed by atoms with van der Waals surface area (Å²) in [6.45, 7) is 0. The van der Waals surface area contributed by atoms with Crippen LogP contribution in [0.15, 0.2) is 331 Å². The Morgan fingerprint density at radius 1 is 0.270 bits per heavy atom. The summed E-state index contributed by atoms with van der Waals surface area (Å²) in [5.41, 5.74) is 18.7. The van der Waals surface area contributed by atoms with Crippen molar-refractivity contribution in [3.8, 4) is 108 Å². The molecule has 0 amide bonds. The quantitative estimate of drug-likeness (QED) is 0.116. The van der Waals surface area contributed by atoms with Crippen molar-refractivity contribution in [1.29, 1.82) is 0 Å². The summed E-state index contributed by atoms with van der Waals surface area (Å²) in [5.74, 6) is 3.09. The third-order valence-electron chi connectivity index (χ3n) is 19.2. The largest absolute Gasteiger partial charge is 0.453 e. The molecule has 12 nitrogen and oxygen atoms in total. The Morgan fingerprint density at radius 3 is 1.32 bits per heavy atom.